The zero-order valence-electron chi connectivity index (χ0n) is 13.4. The molecular weight excluding hydrogens is 398 g/mol. The number of thioether (sulfide) groups is 1. The predicted molar refractivity (Wildman–Crippen MR) is 85.9 cm³/mol. The van der Waals surface area contributed by atoms with Gasteiger partial charge < -0.3 is 5.32 Å². The third-order valence-corrected chi connectivity index (χ3v) is 3.93. The molecule has 0 aromatic heterocycles. The van der Waals surface area contributed by atoms with E-state index in [9.17, 15) is 35.9 Å². The van der Waals surface area contributed by atoms with Crippen LogP contribution in [0.1, 0.15) is 15.9 Å². The Bertz CT molecular complexity index is 881. The van der Waals surface area contributed by atoms with Crippen LogP contribution in [-0.4, -0.2) is 17.4 Å². The Balaban J connectivity index is 2.14. The largest absolute Gasteiger partial charge is 0.446 e. The molecule has 0 fully saturated rings. The van der Waals surface area contributed by atoms with Gasteiger partial charge in [0.25, 0.3) is 5.91 Å². The number of nitrogens with one attached hydrogen (secondary N) is 2. The Hall–Kier alpha value is -2.69. The average molecular weight is 408 g/mol. The molecule has 2 rings (SSSR count). The summed E-state index contributed by atoms with van der Waals surface area (Å²) >= 11 is -0.661. The highest BCUT2D eigenvalue weighted by Crippen LogP contribution is 2.39. The van der Waals surface area contributed by atoms with Gasteiger partial charge in [0.1, 0.15) is 23.0 Å². The van der Waals surface area contributed by atoms with E-state index >= 15 is 0 Å². The van der Waals surface area contributed by atoms with Crippen molar-refractivity contribution in [3.63, 3.8) is 0 Å². The van der Waals surface area contributed by atoms with Gasteiger partial charge >= 0.3 is 11.5 Å². The van der Waals surface area contributed by atoms with Gasteiger partial charge in [-0.25, -0.2) is 18.0 Å². The second-order valence-corrected chi connectivity index (χ2v) is 6.26. The van der Waals surface area contributed by atoms with Crippen molar-refractivity contribution in [2.75, 3.05) is 5.32 Å². The summed E-state index contributed by atoms with van der Waals surface area (Å²) in [5.74, 6) is -5.03. The summed E-state index contributed by atoms with van der Waals surface area (Å²) < 4.78 is 77.8. The van der Waals surface area contributed by atoms with Crippen LogP contribution in [0.25, 0.3) is 0 Å². The molecule has 0 aliphatic carbocycles. The highest BCUT2D eigenvalue weighted by molar-refractivity contribution is 8.00. The third kappa shape index (κ3) is 5.39. The van der Waals surface area contributed by atoms with Gasteiger partial charge in [-0.3, -0.25) is 10.1 Å². The van der Waals surface area contributed by atoms with Gasteiger partial charge in [-0.15, -0.1) is 0 Å². The third-order valence-electron chi connectivity index (χ3n) is 3.17. The van der Waals surface area contributed by atoms with Crippen LogP contribution in [0, 0.1) is 24.4 Å². The lowest BCUT2D eigenvalue weighted by atomic mass is 10.2. The summed E-state index contributed by atoms with van der Waals surface area (Å²) in [7, 11) is 0. The molecule has 0 saturated heterocycles. The van der Waals surface area contributed by atoms with E-state index in [-0.39, 0.29) is 11.3 Å². The topological polar surface area (TPSA) is 58.2 Å². The number of amides is 3. The average Bonchev–Trinajstić information content (AvgIpc) is 2.50. The Morgan fingerprint density at radius 2 is 1.59 bits per heavy atom. The molecule has 0 atom stereocenters. The number of aryl methyl sites for hydroxylation is 1. The maximum atomic E-state index is 13.8. The van der Waals surface area contributed by atoms with Gasteiger partial charge in [0.2, 0.25) is 0 Å². The van der Waals surface area contributed by atoms with Gasteiger partial charge in [-0.05, 0) is 48.5 Å². The van der Waals surface area contributed by atoms with Gasteiger partial charge in [-0.1, -0.05) is 6.07 Å². The van der Waals surface area contributed by atoms with E-state index in [4.69, 9.17) is 0 Å². The van der Waals surface area contributed by atoms with E-state index in [2.05, 4.69) is 0 Å². The molecule has 2 aromatic rings. The molecule has 0 saturated carbocycles. The summed E-state index contributed by atoms with van der Waals surface area (Å²) in [5.41, 5.74) is -5.84. The molecule has 0 aliphatic rings. The fourth-order valence-corrected chi connectivity index (χ4v) is 2.67. The van der Waals surface area contributed by atoms with Crippen molar-refractivity contribution in [3.05, 3.63) is 58.9 Å². The van der Waals surface area contributed by atoms with E-state index in [0.717, 1.165) is 24.3 Å². The van der Waals surface area contributed by atoms with Crippen LogP contribution in [0.4, 0.5) is 36.8 Å². The number of imide groups is 1. The summed E-state index contributed by atoms with van der Waals surface area (Å²) in [6.07, 6.45) is 0. The monoisotopic (exact) mass is 408 g/mol. The zero-order valence-corrected chi connectivity index (χ0v) is 14.2. The van der Waals surface area contributed by atoms with Gasteiger partial charge in [0.05, 0.1) is 4.90 Å². The number of carbonyl (C=O) groups excluding carboxylic acids is 2. The molecule has 144 valence electrons. The molecule has 3 amide bonds. The van der Waals surface area contributed by atoms with Crippen molar-refractivity contribution in [1.29, 1.82) is 0 Å². The van der Waals surface area contributed by atoms with Crippen molar-refractivity contribution in [3.8, 4) is 0 Å². The summed E-state index contributed by atoms with van der Waals surface area (Å²) in [6, 6.07) is 2.90. The maximum Gasteiger partial charge on any atom is 0.446 e. The van der Waals surface area contributed by atoms with Crippen LogP contribution in [0.2, 0.25) is 0 Å². The first-order chi connectivity index (χ1) is 12.5. The summed E-state index contributed by atoms with van der Waals surface area (Å²) in [4.78, 5) is 22.9. The molecule has 4 nitrogen and oxygen atoms in total. The zero-order chi connectivity index (χ0) is 20.4. The van der Waals surface area contributed by atoms with E-state index in [1.807, 2.05) is 5.32 Å². The lowest BCUT2D eigenvalue weighted by Gasteiger charge is -2.13. The van der Waals surface area contributed by atoms with Crippen molar-refractivity contribution in [2.24, 2.45) is 0 Å². The van der Waals surface area contributed by atoms with Crippen LogP contribution >= 0.6 is 11.8 Å². The van der Waals surface area contributed by atoms with E-state index < -0.39 is 57.1 Å². The summed E-state index contributed by atoms with van der Waals surface area (Å²) in [5, 5.41) is 3.68. The number of hydrogen-bond acceptors (Lipinski definition) is 3. The second-order valence-electron chi connectivity index (χ2n) is 5.15. The minimum Gasteiger partial charge on any atom is -0.307 e. The Labute approximate surface area is 152 Å². The number of benzene rings is 2. The molecule has 0 radical (unpaired) electrons. The molecule has 11 heteroatoms. The van der Waals surface area contributed by atoms with Crippen molar-refractivity contribution in [1.82, 2.24) is 5.32 Å². The van der Waals surface area contributed by atoms with E-state index in [0.29, 0.717) is 6.07 Å². The molecular formula is C16H10F6N2O2S. The molecule has 0 unspecified atom stereocenters. The van der Waals surface area contributed by atoms with Gasteiger partial charge in [-0.2, -0.15) is 13.2 Å². The van der Waals surface area contributed by atoms with Crippen LogP contribution in [-0.2, 0) is 0 Å². The van der Waals surface area contributed by atoms with Crippen molar-refractivity contribution < 1.29 is 35.9 Å². The van der Waals surface area contributed by atoms with Crippen LogP contribution < -0.4 is 10.6 Å². The smallest absolute Gasteiger partial charge is 0.307 e. The second kappa shape index (κ2) is 7.91. The Morgan fingerprint density at radius 1 is 1.00 bits per heavy atom. The molecule has 0 spiro atoms. The van der Waals surface area contributed by atoms with Crippen molar-refractivity contribution in [2.45, 2.75) is 17.3 Å². The number of rotatable bonds is 3. The molecule has 27 heavy (non-hydrogen) atoms. The number of carbonyl (C=O) groups is 2. The molecule has 2 aromatic carbocycles. The maximum absolute atomic E-state index is 13.8. The van der Waals surface area contributed by atoms with E-state index in [1.165, 1.54) is 6.92 Å². The first-order valence-corrected chi connectivity index (χ1v) is 7.92. The van der Waals surface area contributed by atoms with Crippen LogP contribution in [0.5, 0.6) is 0 Å². The highest BCUT2D eigenvalue weighted by atomic mass is 32.2. The normalized spacial score (nSPS) is 11.2. The standard InChI is InChI=1S/C16H10F6N2O2S/c1-7-5-12(27-16(20,21)22)10(19)6-11(7)23-15(26)24-14(25)13-8(17)3-2-4-9(13)18/h2-6H,1H3,(H2,23,24,25,26). The number of halogens is 6. The van der Waals surface area contributed by atoms with Crippen LogP contribution in [0.15, 0.2) is 35.2 Å². The minimum atomic E-state index is -4.70. The number of hydrogen-bond donors (Lipinski definition) is 2. The fraction of sp³-hybridized carbons (Fsp3) is 0.125. The number of anilines is 1. The first kappa shape index (κ1) is 20.6. The molecule has 2 N–H and O–H groups in total. The number of alkyl halides is 3. The van der Waals surface area contributed by atoms with Crippen molar-refractivity contribution >= 4 is 29.4 Å². The highest BCUT2D eigenvalue weighted by Gasteiger charge is 2.31. The molecule has 0 bridgehead atoms. The quantitative estimate of drug-likeness (QED) is 0.556. The fourth-order valence-electron chi connectivity index (χ4n) is 2.03. The first-order valence-electron chi connectivity index (χ1n) is 7.10. The Morgan fingerprint density at radius 3 is 2.15 bits per heavy atom. The molecule has 0 aliphatic heterocycles. The SMILES string of the molecule is Cc1cc(SC(F)(F)F)c(F)cc1NC(=O)NC(=O)c1c(F)cccc1F. The van der Waals surface area contributed by atoms with E-state index in [1.54, 1.807) is 5.32 Å². The van der Waals surface area contributed by atoms with Crippen LogP contribution in [0.3, 0.4) is 0 Å². The predicted octanol–water partition coefficient (Wildman–Crippen LogP) is 4.99. The summed E-state index contributed by atoms with van der Waals surface area (Å²) in [6.45, 7) is 1.30. The lowest BCUT2D eigenvalue weighted by Crippen LogP contribution is -2.35. The lowest BCUT2D eigenvalue weighted by molar-refractivity contribution is -0.0329. The van der Waals surface area contributed by atoms with Gasteiger partial charge in [0, 0.05) is 5.69 Å². The minimum absolute atomic E-state index is 0.0721. The van der Waals surface area contributed by atoms with Gasteiger partial charge in [0.15, 0.2) is 0 Å². The molecule has 0 heterocycles. The number of urea groups is 1. The Kier molecular flexibility index (Phi) is 6.04.